The van der Waals surface area contributed by atoms with Crippen LogP contribution in [0, 0.1) is 0 Å². The van der Waals surface area contributed by atoms with Crippen LogP contribution in [0.15, 0.2) is 0 Å². The van der Waals surface area contributed by atoms with Crippen LogP contribution in [0.2, 0.25) is 0 Å². The molecule has 118 valence electrons. The Morgan fingerprint density at radius 2 is 2.10 bits per heavy atom. The van der Waals surface area contributed by atoms with Crippen LogP contribution in [0.25, 0.3) is 0 Å². The first-order valence-corrected chi connectivity index (χ1v) is 8.68. The number of halogens is 3. The van der Waals surface area contributed by atoms with Crippen molar-refractivity contribution in [2.24, 2.45) is 0 Å². The van der Waals surface area contributed by atoms with Gasteiger partial charge in [0.1, 0.15) is 0 Å². The summed E-state index contributed by atoms with van der Waals surface area (Å²) < 4.78 is 64.3. The number of rotatable bonds is 1. The molecule has 1 atom stereocenters. The number of hydrogen-bond acceptors (Lipinski definition) is 4. The van der Waals surface area contributed by atoms with E-state index in [4.69, 9.17) is 0 Å². The number of nitrogens with zero attached hydrogens (tertiary/aromatic N) is 2. The number of sulfone groups is 1. The van der Waals surface area contributed by atoms with Crippen molar-refractivity contribution in [3.63, 3.8) is 0 Å². The van der Waals surface area contributed by atoms with E-state index >= 15 is 0 Å². The molecular formula is C12H16F3N3O2S. The van der Waals surface area contributed by atoms with Crippen LogP contribution in [0.4, 0.5) is 13.2 Å². The molecule has 0 bridgehead atoms. The lowest BCUT2D eigenvalue weighted by Crippen LogP contribution is -2.32. The summed E-state index contributed by atoms with van der Waals surface area (Å²) in [4.78, 5) is 3.73. The van der Waals surface area contributed by atoms with Gasteiger partial charge in [-0.1, -0.05) is 0 Å². The van der Waals surface area contributed by atoms with Crippen LogP contribution >= 0.6 is 0 Å². The smallest absolute Gasteiger partial charge is 0.320 e. The fourth-order valence-electron chi connectivity index (χ4n) is 3.13. The SMILES string of the molecule is O=S1(=O)CCCC(n2c(C(F)(F)F)nc3c2CCNC3)C1. The average molecular weight is 323 g/mol. The van der Waals surface area contributed by atoms with Crippen molar-refractivity contribution in [2.45, 2.75) is 38.0 Å². The molecule has 0 aromatic carbocycles. The highest BCUT2D eigenvalue weighted by atomic mass is 32.2. The van der Waals surface area contributed by atoms with E-state index in [1.807, 2.05) is 0 Å². The molecule has 3 rings (SSSR count). The first-order chi connectivity index (χ1) is 9.78. The molecule has 5 nitrogen and oxygen atoms in total. The third kappa shape index (κ3) is 2.80. The molecule has 0 aliphatic carbocycles. The van der Waals surface area contributed by atoms with E-state index in [0.29, 0.717) is 43.7 Å². The van der Waals surface area contributed by atoms with Crippen LogP contribution in [-0.2, 0) is 29.0 Å². The van der Waals surface area contributed by atoms with Crippen molar-refractivity contribution in [2.75, 3.05) is 18.1 Å². The molecule has 0 spiro atoms. The normalized spacial score (nSPS) is 25.6. The summed E-state index contributed by atoms with van der Waals surface area (Å²) in [6.45, 7) is 0.875. The second-order valence-corrected chi connectivity index (χ2v) is 7.76. The maximum Gasteiger partial charge on any atom is 0.449 e. The highest BCUT2D eigenvalue weighted by Gasteiger charge is 2.42. The van der Waals surface area contributed by atoms with Crippen molar-refractivity contribution in [3.8, 4) is 0 Å². The number of nitrogens with one attached hydrogen (secondary N) is 1. The zero-order valence-electron chi connectivity index (χ0n) is 11.3. The molecule has 1 fully saturated rings. The Balaban J connectivity index is 2.09. The fraction of sp³-hybridized carbons (Fsp3) is 0.750. The Morgan fingerprint density at radius 1 is 1.33 bits per heavy atom. The van der Waals surface area contributed by atoms with Gasteiger partial charge < -0.3 is 9.88 Å². The standard InChI is InChI=1S/C12H16F3N3O2S/c13-12(14,15)11-17-9-6-16-4-3-10(9)18(11)8-2-1-5-21(19,20)7-8/h8,16H,1-7H2. The molecule has 1 unspecified atom stereocenters. The number of alkyl halides is 3. The molecule has 1 aromatic heterocycles. The lowest BCUT2D eigenvalue weighted by atomic mass is 10.1. The molecule has 21 heavy (non-hydrogen) atoms. The van der Waals surface area contributed by atoms with E-state index in [1.54, 1.807) is 0 Å². The highest BCUT2D eigenvalue weighted by Crippen LogP contribution is 2.36. The van der Waals surface area contributed by atoms with Crippen molar-refractivity contribution in [1.29, 1.82) is 0 Å². The first-order valence-electron chi connectivity index (χ1n) is 6.86. The van der Waals surface area contributed by atoms with Crippen LogP contribution in [0.3, 0.4) is 0 Å². The molecule has 1 N–H and O–H groups in total. The molecule has 2 aliphatic rings. The van der Waals surface area contributed by atoms with Gasteiger partial charge >= 0.3 is 6.18 Å². The van der Waals surface area contributed by atoms with E-state index in [1.165, 1.54) is 0 Å². The quantitative estimate of drug-likeness (QED) is 0.846. The summed E-state index contributed by atoms with van der Waals surface area (Å²) in [5.41, 5.74) is 0.916. The molecule has 1 aromatic rings. The second kappa shape index (κ2) is 4.98. The maximum absolute atomic E-state index is 13.2. The molecule has 2 aliphatic heterocycles. The Hall–Kier alpha value is -1.09. The van der Waals surface area contributed by atoms with E-state index < -0.39 is 27.9 Å². The number of fused-ring (bicyclic) bond motifs is 1. The zero-order chi connectivity index (χ0) is 15.3. The third-order valence-corrected chi connectivity index (χ3v) is 5.79. The van der Waals surface area contributed by atoms with Crippen molar-refractivity contribution < 1.29 is 21.6 Å². The largest absolute Gasteiger partial charge is 0.449 e. The van der Waals surface area contributed by atoms with Gasteiger partial charge in [-0.25, -0.2) is 13.4 Å². The van der Waals surface area contributed by atoms with Crippen LogP contribution < -0.4 is 5.32 Å². The second-order valence-electron chi connectivity index (χ2n) is 5.53. The van der Waals surface area contributed by atoms with Crippen molar-refractivity contribution in [3.05, 3.63) is 17.2 Å². The van der Waals surface area contributed by atoms with Crippen molar-refractivity contribution >= 4 is 9.84 Å². The number of aromatic nitrogens is 2. The third-order valence-electron chi connectivity index (χ3n) is 3.98. The van der Waals surface area contributed by atoms with E-state index in [0.717, 1.165) is 4.57 Å². The first kappa shape index (κ1) is 14.8. The Bertz CT molecular complexity index is 651. The van der Waals surface area contributed by atoms with Crippen LogP contribution in [0.1, 0.15) is 36.1 Å². The predicted molar refractivity (Wildman–Crippen MR) is 69.6 cm³/mol. The Morgan fingerprint density at radius 3 is 2.76 bits per heavy atom. The van der Waals surface area contributed by atoms with E-state index in [2.05, 4.69) is 10.3 Å². The molecule has 0 amide bonds. The average Bonchev–Trinajstić information content (AvgIpc) is 2.76. The predicted octanol–water partition coefficient (Wildman–Crippen LogP) is 1.30. The summed E-state index contributed by atoms with van der Waals surface area (Å²) in [6, 6.07) is -0.658. The van der Waals surface area contributed by atoms with Gasteiger partial charge in [0.15, 0.2) is 9.84 Å². The minimum absolute atomic E-state index is 0.0588. The molecule has 9 heteroatoms. The van der Waals surface area contributed by atoms with Gasteiger partial charge in [0.2, 0.25) is 5.82 Å². The number of hydrogen-bond donors (Lipinski definition) is 1. The summed E-state index contributed by atoms with van der Waals surface area (Å²) in [7, 11) is -3.28. The summed E-state index contributed by atoms with van der Waals surface area (Å²) in [5, 5.41) is 2.99. The minimum Gasteiger partial charge on any atom is -0.320 e. The van der Waals surface area contributed by atoms with Gasteiger partial charge in [0.05, 0.1) is 17.2 Å². The topological polar surface area (TPSA) is 64.0 Å². The molecule has 0 radical (unpaired) electrons. The van der Waals surface area contributed by atoms with Gasteiger partial charge in [-0.05, 0) is 12.8 Å². The van der Waals surface area contributed by atoms with Gasteiger partial charge in [-0.3, -0.25) is 0 Å². The minimum atomic E-state index is -4.57. The van der Waals surface area contributed by atoms with Crippen LogP contribution in [-0.4, -0.2) is 36.0 Å². The van der Waals surface area contributed by atoms with E-state index in [9.17, 15) is 21.6 Å². The summed E-state index contributed by atoms with van der Waals surface area (Å²) in [6.07, 6.45) is -3.29. The molecule has 3 heterocycles. The lowest BCUT2D eigenvalue weighted by Gasteiger charge is -2.28. The summed E-state index contributed by atoms with van der Waals surface area (Å²) >= 11 is 0. The zero-order valence-corrected chi connectivity index (χ0v) is 12.1. The molecular weight excluding hydrogens is 307 g/mol. The fourth-order valence-corrected chi connectivity index (χ4v) is 4.80. The van der Waals surface area contributed by atoms with Crippen LogP contribution in [0.5, 0.6) is 0 Å². The number of imidazole rings is 1. The van der Waals surface area contributed by atoms with Crippen molar-refractivity contribution in [1.82, 2.24) is 14.9 Å². The van der Waals surface area contributed by atoms with Gasteiger partial charge in [-0.15, -0.1) is 0 Å². The maximum atomic E-state index is 13.2. The molecule has 1 saturated heterocycles. The van der Waals surface area contributed by atoms with Gasteiger partial charge in [0.25, 0.3) is 0 Å². The Labute approximate surface area is 120 Å². The van der Waals surface area contributed by atoms with E-state index in [-0.39, 0.29) is 11.5 Å². The Kier molecular flexibility index (Phi) is 3.52. The van der Waals surface area contributed by atoms with Gasteiger partial charge in [-0.2, -0.15) is 13.2 Å². The monoisotopic (exact) mass is 323 g/mol. The lowest BCUT2D eigenvalue weighted by molar-refractivity contribution is -0.148. The summed E-state index contributed by atoms with van der Waals surface area (Å²) in [5.74, 6) is -1.13. The molecule has 0 saturated carbocycles. The van der Waals surface area contributed by atoms with Gasteiger partial charge in [0, 0.05) is 31.2 Å². The highest BCUT2D eigenvalue weighted by molar-refractivity contribution is 7.91.